The maximum Gasteiger partial charge on any atom is 0.301 e. The number of hydrogen-bond donors (Lipinski definition) is 0. The molecule has 0 saturated carbocycles. The molecule has 0 amide bonds. The number of aromatic nitrogens is 2. The summed E-state index contributed by atoms with van der Waals surface area (Å²) in [5.74, 6) is -1.06. The van der Waals surface area contributed by atoms with E-state index in [4.69, 9.17) is 0 Å². The lowest BCUT2D eigenvalue weighted by atomic mass is 10.1. The van der Waals surface area contributed by atoms with Crippen LogP contribution in [0.1, 0.15) is 40.5 Å². The summed E-state index contributed by atoms with van der Waals surface area (Å²) in [4.78, 5) is 27.5. The fraction of sp³-hybridized carbons (Fsp3) is 0.143. The topological polar surface area (TPSA) is 87.1 Å². The Kier molecular flexibility index (Phi) is 3.63. The fourth-order valence-electron chi connectivity index (χ4n) is 1.93. The second-order valence-electron chi connectivity index (χ2n) is 4.61. The van der Waals surface area contributed by atoms with Crippen molar-refractivity contribution in [3.63, 3.8) is 0 Å². The predicted molar refractivity (Wildman–Crippen MR) is 80.4 cm³/mol. The molecule has 0 aliphatic heterocycles. The van der Waals surface area contributed by atoms with Gasteiger partial charge in [-0.25, -0.2) is 0 Å². The van der Waals surface area contributed by atoms with Gasteiger partial charge in [0.15, 0.2) is 0 Å². The van der Waals surface area contributed by atoms with Gasteiger partial charge in [0.1, 0.15) is 0 Å². The lowest BCUT2D eigenvalue weighted by Gasteiger charge is -1.95. The molecule has 6 nitrogen and oxygen atoms in total. The van der Waals surface area contributed by atoms with Crippen molar-refractivity contribution < 1.29 is 19.1 Å². The van der Waals surface area contributed by atoms with E-state index in [-0.39, 0.29) is 16.3 Å². The highest BCUT2D eigenvalue weighted by molar-refractivity contribution is 7.14. The molecule has 0 aromatic carbocycles. The van der Waals surface area contributed by atoms with Crippen molar-refractivity contribution in [2.24, 2.45) is 0 Å². The second-order valence-corrected chi connectivity index (χ2v) is 7.18. The van der Waals surface area contributed by atoms with Crippen LogP contribution < -0.4 is 4.90 Å². The zero-order valence-corrected chi connectivity index (χ0v) is 13.3. The third-order valence-corrected chi connectivity index (χ3v) is 4.97. The SMILES string of the molecule is Cc1ccc(C(=O)c2no[n+]([O-])c2C(=O)c2ccc(C)s2)s1. The van der Waals surface area contributed by atoms with Crippen LogP contribution in [0.15, 0.2) is 28.9 Å². The lowest BCUT2D eigenvalue weighted by molar-refractivity contribution is -0.803. The van der Waals surface area contributed by atoms with Crippen molar-refractivity contribution in [2.75, 3.05) is 0 Å². The summed E-state index contributed by atoms with van der Waals surface area (Å²) in [5, 5.41) is 15.2. The zero-order chi connectivity index (χ0) is 15.9. The molecule has 0 atom stereocenters. The predicted octanol–water partition coefficient (Wildman–Crippen LogP) is 2.51. The van der Waals surface area contributed by atoms with Crippen LogP contribution in [0.3, 0.4) is 0 Å². The first-order valence-corrected chi connectivity index (χ1v) is 7.92. The standard InChI is InChI=1S/C14H10N2O4S2/c1-7-3-5-9(21-7)13(17)11-12(16(19)20-15-11)14(18)10-6-4-8(2)22-10/h3-6H,1-2H3. The molecule has 0 aliphatic rings. The fourth-order valence-corrected chi connectivity index (χ4v) is 3.55. The van der Waals surface area contributed by atoms with Gasteiger partial charge in [-0.2, -0.15) is 0 Å². The summed E-state index contributed by atoms with van der Waals surface area (Å²) in [7, 11) is 0. The van der Waals surface area contributed by atoms with Crippen LogP contribution in [0.2, 0.25) is 0 Å². The molecule has 22 heavy (non-hydrogen) atoms. The highest BCUT2D eigenvalue weighted by atomic mass is 32.1. The molecule has 0 aliphatic carbocycles. The largest absolute Gasteiger partial charge is 0.359 e. The van der Waals surface area contributed by atoms with Crippen molar-refractivity contribution in [1.29, 1.82) is 0 Å². The second kappa shape index (κ2) is 5.47. The van der Waals surface area contributed by atoms with Gasteiger partial charge in [-0.05, 0) is 43.0 Å². The minimum Gasteiger partial charge on any atom is -0.359 e. The number of rotatable bonds is 4. The third kappa shape index (κ3) is 2.46. The van der Waals surface area contributed by atoms with Gasteiger partial charge in [-0.3, -0.25) is 14.2 Å². The summed E-state index contributed by atoms with van der Waals surface area (Å²) < 4.78 is 4.47. The Hall–Kier alpha value is -2.32. The Morgan fingerprint density at radius 1 is 1.05 bits per heavy atom. The van der Waals surface area contributed by atoms with E-state index in [0.717, 1.165) is 9.75 Å². The van der Waals surface area contributed by atoms with Gasteiger partial charge in [0.2, 0.25) is 0 Å². The van der Waals surface area contributed by atoms with Gasteiger partial charge in [-0.15, -0.1) is 22.7 Å². The molecule has 3 rings (SSSR count). The molecule has 0 unspecified atom stereocenters. The highest BCUT2D eigenvalue weighted by Crippen LogP contribution is 2.22. The van der Waals surface area contributed by atoms with Crippen LogP contribution in [0.4, 0.5) is 0 Å². The molecule has 0 fully saturated rings. The Bertz CT molecular complexity index is 875. The van der Waals surface area contributed by atoms with Gasteiger partial charge >= 0.3 is 5.69 Å². The molecule has 0 radical (unpaired) electrons. The van der Waals surface area contributed by atoms with Crippen molar-refractivity contribution in [3.05, 3.63) is 60.4 Å². The first-order chi connectivity index (χ1) is 10.5. The van der Waals surface area contributed by atoms with Gasteiger partial charge in [-0.1, -0.05) is 0 Å². The summed E-state index contributed by atoms with van der Waals surface area (Å²) in [6.07, 6.45) is 0. The van der Waals surface area contributed by atoms with E-state index >= 15 is 0 Å². The van der Waals surface area contributed by atoms with E-state index in [1.165, 1.54) is 22.7 Å². The number of ketones is 2. The number of nitrogens with zero attached hydrogens (tertiary/aromatic N) is 2. The molecule has 8 heteroatoms. The first kappa shape index (κ1) is 14.6. The molecule has 0 saturated heterocycles. The molecular formula is C14H10N2O4S2. The number of thiophene rings is 2. The average Bonchev–Trinajstić information content (AvgIpc) is 3.18. The van der Waals surface area contributed by atoms with E-state index in [2.05, 4.69) is 9.79 Å². The van der Waals surface area contributed by atoms with Crippen LogP contribution >= 0.6 is 22.7 Å². The normalized spacial score (nSPS) is 10.8. The minimum absolute atomic E-state index is 0.00885. The van der Waals surface area contributed by atoms with Crippen LogP contribution in [-0.4, -0.2) is 16.7 Å². The molecule has 3 aromatic heterocycles. The van der Waals surface area contributed by atoms with E-state index in [0.29, 0.717) is 9.75 Å². The van der Waals surface area contributed by atoms with Crippen molar-refractivity contribution >= 4 is 34.2 Å². The van der Waals surface area contributed by atoms with Gasteiger partial charge in [0.25, 0.3) is 17.3 Å². The number of carbonyl (C=O) groups excluding carboxylic acids is 2. The van der Waals surface area contributed by atoms with Crippen LogP contribution in [0, 0.1) is 19.1 Å². The molecule has 0 spiro atoms. The van der Waals surface area contributed by atoms with E-state index in [1.54, 1.807) is 24.3 Å². The van der Waals surface area contributed by atoms with E-state index in [1.807, 2.05) is 13.8 Å². The number of aryl methyl sites for hydroxylation is 2. The van der Waals surface area contributed by atoms with Gasteiger partial charge in [0, 0.05) is 9.75 Å². The van der Waals surface area contributed by atoms with Crippen LogP contribution in [0.5, 0.6) is 0 Å². The molecular weight excluding hydrogens is 324 g/mol. The first-order valence-electron chi connectivity index (χ1n) is 6.29. The Balaban J connectivity index is 2.04. The maximum absolute atomic E-state index is 12.4. The number of hydrogen-bond acceptors (Lipinski definition) is 7. The molecule has 112 valence electrons. The molecule has 0 bridgehead atoms. The number of carbonyl (C=O) groups is 2. The van der Waals surface area contributed by atoms with Crippen molar-refractivity contribution in [2.45, 2.75) is 13.8 Å². The third-order valence-electron chi connectivity index (χ3n) is 2.97. The van der Waals surface area contributed by atoms with Gasteiger partial charge < -0.3 is 5.21 Å². The molecule has 0 N–H and O–H groups in total. The molecule has 3 heterocycles. The highest BCUT2D eigenvalue weighted by Gasteiger charge is 2.34. The Morgan fingerprint density at radius 3 is 2.09 bits per heavy atom. The van der Waals surface area contributed by atoms with Crippen molar-refractivity contribution in [1.82, 2.24) is 5.16 Å². The summed E-state index contributed by atoms with van der Waals surface area (Å²) in [6, 6.07) is 6.80. The molecule has 3 aromatic rings. The van der Waals surface area contributed by atoms with Gasteiger partial charge in [0.05, 0.1) is 14.9 Å². The monoisotopic (exact) mass is 334 g/mol. The minimum atomic E-state index is -0.564. The maximum atomic E-state index is 12.4. The smallest absolute Gasteiger partial charge is 0.301 e. The summed E-state index contributed by atoms with van der Waals surface area (Å²) in [6.45, 7) is 3.71. The van der Waals surface area contributed by atoms with Crippen LogP contribution in [-0.2, 0) is 0 Å². The average molecular weight is 334 g/mol. The quantitative estimate of drug-likeness (QED) is 0.540. The lowest BCUT2D eigenvalue weighted by Crippen LogP contribution is -2.32. The Morgan fingerprint density at radius 2 is 1.59 bits per heavy atom. The van der Waals surface area contributed by atoms with Crippen LogP contribution in [0.25, 0.3) is 0 Å². The summed E-state index contributed by atoms with van der Waals surface area (Å²) >= 11 is 2.51. The van der Waals surface area contributed by atoms with Crippen molar-refractivity contribution in [3.8, 4) is 0 Å². The Labute approximate surface area is 133 Å². The van der Waals surface area contributed by atoms with E-state index < -0.39 is 11.6 Å². The summed E-state index contributed by atoms with van der Waals surface area (Å²) in [5.41, 5.74) is -0.634. The zero-order valence-electron chi connectivity index (χ0n) is 11.7. The van der Waals surface area contributed by atoms with E-state index in [9.17, 15) is 14.8 Å².